The van der Waals surface area contributed by atoms with Gasteiger partial charge in [0.15, 0.2) is 0 Å². The van der Waals surface area contributed by atoms with E-state index in [1.165, 1.54) is 0 Å². The molecule has 6 aromatic rings. The Morgan fingerprint density at radius 3 is 0.660 bits per heavy atom. The second kappa shape index (κ2) is 13.9. The Morgan fingerprint density at radius 1 is 0.340 bits per heavy atom. The SMILES string of the molecule is COc1c(C(C)C)cc2c3cc(C(C)C)c(OC)c(Br)c3c3c4c(Br)c(OC)c(C(C)C)cc4c4cc(C(C)C)c(OC)c(Br)c4c3c2c1Br. The van der Waals surface area contributed by atoms with Crippen molar-refractivity contribution in [1.82, 2.24) is 0 Å². The summed E-state index contributed by atoms with van der Waals surface area (Å²) < 4.78 is 28.6. The Kier molecular flexibility index (Phi) is 10.5. The highest BCUT2D eigenvalue weighted by atomic mass is 79.9. The molecule has 264 valence electrons. The molecule has 0 saturated carbocycles. The molecule has 0 aliphatic rings. The van der Waals surface area contributed by atoms with Crippen LogP contribution in [0, 0.1) is 0 Å². The fraction of sp³-hybridized carbons (Fsp3) is 0.381. The van der Waals surface area contributed by atoms with Gasteiger partial charge in [0.05, 0.1) is 46.3 Å². The molecule has 6 aromatic carbocycles. The summed E-state index contributed by atoms with van der Waals surface area (Å²) in [4.78, 5) is 0. The smallest absolute Gasteiger partial charge is 0.137 e. The van der Waals surface area contributed by atoms with E-state index in [2.05, 4.69) is 143 Å². The van der Waals surface area contributed by atoms with Gasteiger partial charge in [0, 0.05) is 32.3 Å². The number of hydrogen-bond donors (Lipinski definition) is 0. The summed E-state index contributed by atoms with van der Waals surface area (Å²) in [6.45, 7) is 17.7. The van der Waals surface area contributed by atoms with Crippen molar-refractivity contribution in [3.8, 4) is 23.0 Å². The van der Waals surface area contributed by atoms with E-state index >= 15 is 0 Å². The first-order valence-electron chi connectivity index (χ1n) is 17.0. The third kappa shape index (κ3) is 5.44. The van der Waals surface area contributed by atoms with Crippen molar-refractivity contribution in [3.63, 3.8) is 0 Å². The molecule has 0 saturated heterocycles. The maximum Gasteiger partial charge on any atom is 0.137 e. The molecule has 0 fully saturated rings. The van der Waals surface area contributed by atoms with Crippen LogP contribution in [0.3, 0.4) is 0 Å². The summed E-state index contributed by atoms with van der Waals surface area (Å²) in [6.07, 6.45) is 0. The van der Waals surface area contributed by atoms with Crippen LogP contribution in [0.4, 0.5) is 0 Å². The number of fused-ring (bicyclic) bond motifs is 11. The predicted octanol–water partition coefficient (Wildman–Crippen LogP) is 15.0. The lowest BCUT2D eigenvalue weighted by Gasteiger charge is -2.26. The Hall–Kier alpha value is -2.26. The molecule has 0 amide bonds. The van der Waals surface area contributed by atoms with Crippen LogP contribution < -0.4 is 18.9 Å². The average molecular weight is 932 g/mol. The zero-order valence-corrected chi connectivity index (χ0v) is 37.1. The Labute approximate surface area is 329 Å². The van der Waals surface area contributed by atoms with E-state index in [9.17, 15) is 0 Å². The van der Waals surface area contributed by atoms with Gasteiger partial charge < -0.3 is 18.9 Å². The molecule has 50 heavy (non-hydrogen) atoms. The molecule has 0 radical (unpaired) electrons. The summed E-state index contributed by atoms with van der Waals surface area (Å²) in [5.41, 5.74) is 4.55. The lowest BCUT2D eigenvalue weighted by molar-refractivity contribution is 0.405. The molecule has 6 rings (SSSR count). The molecule has 0 unspecified atom stereocenters. The number of ether oxygens (including phenoxy) is 4. The highest BCUT2D eigenvalue weighted by Crippen LogP contribution is 2.57. The predicted molar refractivity (Wildman–Crippen MR) is 227 cm³/mol. The van der Waals surface area contributed by atoms with Crippen molar-refractivity contribution in [2.24, 2.45) is 0 Å². The first kappa shape index (κ1) is 37.5. The zero-order valence-electron chi connectivity index (χ0n) is 30.8. The third-order valence-corrected chi connectivity index (χ3v) is 13.2. The van der Waals surface area contributed by atoms with Gasteiger partial charge in [-0.2, -0.15) is 0 Å². The van der Waals surface area contributed by atoms with Gasteiger partial charge in [-0.25, -0.2) is 0 Å². The first-order chi connectivity index (χ1) is 23.7. The van der Waals surface area contributed by atoms with E-state index < -0.39 is 0 Å². The molecule has 4 nitrogen and oxygen atoms in total. The van der Waals surface area contributed by atoms with Crippen LogP contribution in [0.15, 0.2) is 42.2 Å². The Morgan fingerprint density at radius 2 is 0.520 bits per heavy atom. The van der Waals surface area contributed by atoms with Crippen molar-refractivity contribution in [1.29, 1.82) is 0 Å². The first-order valence-corrected chi connectivity index (χ1v) is 20.2. The van der Waals surface area contributed by atoms with Gasteiger partial charge in [-0.3, -0.25) is 0 Å². The molecule has 0 bridgehead atoms. The molecule has 0 spiro atoms. The Balaban J connectivity index is 2.19. The van der Waals surface area contributed by atoms with E-state index in [0.717, 1.165) is 117 Å². The van der Waals surface area contributed by atoms with Crippen LogP contribution in [-0.4, -0.2) is 28.4 Å². The van der Waals surface area contributed by atoms with Gasteiger partial charge in [-0.15, -0.1) is 0 Å². The summed E-state index contributed by atoms with van der Waals surface area (Å²) >= 11 is 16.6. The van der Waals surface area contributed by atoms with Gasteiger partial charge in [0.1, 0.15) is 23.0 Å². The molecule has 0 aliphatic carbocycles. The molecule has 0 atom stereocenters. The second-order valence-corrected chi connectivity index (χ2v) is 17.5. The van der Waals surface area contributed by atoms with Crippen molar-refractivity contribution >= 4 is 118 Å². The van der Waals surface area contributed by atoms with Crippen LogP contribution in [-0.2, 0) is 0 Å². The minimum absolute atomic E-state index is 0.226. The maximum absolute atomic E-state index is 6.21. The normalized spacial score (nSPS) is 12.3. The average Bonchev–Trinajstić information content (AvgIpc) is 3.06. The summed E-state index contributed by atoms with van der Waals surface area (Å²) in [7, 11) is 7.04. The largest absolute Gasteiger partial charge is 0.495 e. The van der Waals surface area contributed by atoms with Crippen molar-refractivity contribution < 1.29 is 18.9 Å². The van der Waals surface area contributed by atoms with Gasteiger partial charge in [0.2, 0.25) is 0 Å². The molecule has 0 N–H and O–H groups in total. The number of benzene rings is 6. The minimum Gasteiger partial charge on any atom is -0.495 e. The number of halogens is 4. The van der Waals surface area contributed by atoms with Gasteiger partial charge in [0.25, 0.3) is 0 Å². The minimum atomic E-state index is 0.226. The van der Waals surface area contributed by atoms with Crippen molar-refractivity contribution in [2.75, 3.05) is 28.4 Å². The lowest BCUT2D eigenvalue weighted by atomic mass is 9.82. The summed E-state index contributed by atoms with van der Waals surface area (Å²) in [5.74, 6) is 4.26. The third-order valence-electron chi connectivity index (χ3n) is 10.1. The van der Waals surface area contributed by atoms with Crippen LogP contribution >= 0.6 is 63.7 Å². The molecule has 0 heterocycles. The molecular weight excluding hydrogens is 888 g/mol. The van der Waals surface area contributed by atoms with Crippen molar-refractivity contribution in [2.45, 2.75) is 79.1 Å². The van der Waals surface area contributed by atoms with Crippen LogP contribution in [0.2, 0.25) is 0 Å². The standard InChI is InChI=1S/C42H44Br4O4/c1-17(2)21-13-25-26-14-22(18(3)4)40(48-10)36(44)30(26)34-32-28(16-24(20(7)8)42(50-12)38(32)46)27-15-23(19(5)6)41(49-11)37(45)31(27)33(34)29(25)35(43)39(21)47-9/h13-20H,1-12H3. The van der Waals surface area contributed by atoms with E-state index in [1.807, 2.05) is 0 Å². The van der Waals surface area contributed by atoms with Gasteiger partial charge in [-0.05, 0) is 155 Å². The highest BCUT2D eigenvalue weighted by Gasteiger charge is 2.30. The van der Waals surface area contributed by atoms with E-state index in [0.29, 0.717) is 0 Å². The summed E-state index contributed by atoms with van der Waals surface area (Å²) in [6, 6.07) is 9.32. The van der Waals surface area contributed by atoms with Gasteiger partial charge >= 0.3 is 0 Å². The summed E-state index contributed by atoms with van der Waals surface area (Å²) in [5, 5.41) is 11.0. The van der Waals surface area contributed by atoms with Gasteiger partial charge in [-0.1, -0.05) is 55.4 Å². The number of methoxy groups -OCH3 is 4. The van der Waals surface area contributed by atoms with E-state index in [1.54, 1.807) is 28.4 Å². The second-order valence-electron chi connectivity index (χ2n) is 14.3. The molecule has 8 heteroatoms. The fourth-order valence-electron chi connectivity index (χ4n) is 7.73. The lowest BCUT2D eigenvalue weighted by Crippen LogP contribution is -2.03. The topological polar surface area (TPSA) is 36.9 Å². The number of hydrogen-bond acceptors (Lipinski definition) is 4. The quantitative estimate of drug-likeness (QED) is 0.143. The van der Waals surface area contributed by atoms with Crippen LogP contribution in [0.5, 0.6) is 23.0 Å². The van der Waals surface area contributed by atoms with Crippen LogP contribution in [0.1, 0.15) is 101 Å². The number of rotatable bonds is 8. The molecule has 0 aromatic heterocycles. The molecule has 0 aliphatic heterocycles. The maximum atomic E-state index is 6.21. The Bertz CT molecular complexity index is 2050. The zero-order chi connectivity index (χ0) is 36.7. The molecular formula is C42H44Br4O4. The van der Waals surface area contributed by atoms with E-state index in [-0.39, 0.29) is 23.7 Å². The van der Waals surface area contributed by atoms with E-state index in [4.69, 9.17) is 18.9 Å². The monoisotopic (exact) mass is 928 g/mol. The fourth-order valence-corrected chi connectivity index (χ4v) is 10.9. The highest BCUT2D eigenvalue weighted by molar-refractivity contribution is 9.11. The van der Waals surface area contributed by atoms with Crippen LogP contribution in [0.25, 0.3) is 53.9 Å². The van der Waals surface area contributed by atoms with Crippen molar-refractivity contribution in [3.05, 3.63) is 64.4 Å².